The second kappa shape index (κ2) is 10.8. The number of hydrogen-bond donors (Lipinski definition) is 3. The standard InChI is InChI=1S/C25H29ClN4O5/c1-5-35-20-12-11-17(26)13-19(20)27-21(31)14-25(3,34)15-22(32)28-23-16(2)29(4)30(24(23)33)18-9-7-6-8-10-18/h6-13,34H,5,14-15H2,1-4H3,(H,27,31)(H,28,32). The third kappa shape index (κ3) is 6.32. The van der Waals surface area contributed by atoms with Gasteiger partial charge in [0.2, 0.25) is 11.8 Å². The summed E-state index contributed by atoms with van der Waals surface area (Å²) in [5.41, 5.74) is -0.382. The summed E-state index contributed by atoms with van der Waals surface area (Å²) in [4.78, 5) is 38.3. The van der Waals surface area contributed by atoms with E-state index >= 15 is 0 Å². The van der Waals surface area contributed by atoms with Crippen molar-refractivity contribution in [2.75, 3.05) is 17.2 Å². The van der Waals surface area contributed by atoms with E-state index in [2.05, 4.69) is 10.6 Å². The van der Waals surface area contributed by atoms with Crippen LogP contribution < -0.4 is 20.9 Å². The van der Waals surface area contributed by atoms with Crippen molar-refractivity contribution < 1.29 is 19.4 Å². The van der Waals surface area contributed by atoms with Gasteiger partial charge in [-0.15, -0.1) is 0 Å². The van der Waals surface area contributed by atoms with Gasteiger partial charge in [-0.05, 0) is 51.1 Å². The van der Waals surface area contributed by atoms with Crippen LogP contribution in [-0.2, 0) is 16.6 Å². The number of aliphatic hydroxyl groups is 1. The highest BCUT2D eigenvalue weighted by molar-refractivity contribution is 6.31. The Hall–Kier alpha value is -3.56. The number of anilines is 2. The smallest absolute Gasteiger partial charge is 0.295 e. The van der Waals surface area contributed by atoms with Crippen LogP contribution >= 0.6 is 11.6 Å². The molecule has 1 aromatic heterocycles. The van der Waals surface area contributed by atoms with Gasteiger partial charge in [-0.25, -0.2) is 4.68 Å². The summed E-state index contributed by atoms with van der Waals surface area (Å²) in [6, 6.07) is 13.9. The molecule has 10 heteroatoms. The first-order chi connectivity index (χ1) is 16.5. The molecule has 1 atom stereocenters. The highest BCUT2D eigenvalue weighted by Gasteiger charge is 2.29. The van der Waals surface area contributed by atoms with Crippen molar-refractivity contribution >= 4 is 34.8 Å². The number of ether oxygens (including phenoxy) is 1. The van der Waals surface area contributed by atoms with Gasteiger partial charge in [0.15, 0.2) is 0 Å². The van der Waals surface area contributed by atoms with E-state index < -0.39 is 29.4 Å². The van der Waals surface area contributed by atoms with Crippen molar-refractivity contribution in [3.05, 3.63) is 69.6 Å². The number of benzene rings is 2. The quantitative estimate of drug-likeness (QED) is 0.415. The minimum atomic E-state index is -1.67. The van der Waals surface area contributed by atoms with E-state index in [1.165, 1.54) is 11.6 Å². The Morgan fingerprint density at radius 3 is 2.34 bits per heavy atom. The predicted octanol–water partition coefficient (Wildman–Crippen LogP) is 3.64. The fourth-order valence-electron chi connectivity index (χ4n) is 3.73. The number of para-hydroxylation sites is 1. The minimum absolute atomic E-state index is 0.113. The van der Waals surface area contributed by atoms with Crippen LogP contribution in [-0.4, -0.2) is 38.5 Å². The van der Waals surface area contributed by atoms with Crippen LogP contribution in [0.5, 0.6) is 5.75 Å². The Morgan fingerprint density at radius 2 is 1.71 bits per heavy atom. The van der Waals surface area contributed by atoms with Crippen LogP contribution in [0.4, 0.5) is 11.4 Å². The largest absolute Gasteiger partial charge is 0.492 e. The number of amides is 2. The molecule has 0 radical (unpaired) electrons. The van der Waals surface area contributed by atoms with Crippen molar-refractivity contribution in [2.24, 2.45) is 7.05 Å². The first-order valence-electron chi connectivity index (χ1n) is 11.1. The fourth-order valence-corrected chi connectivity index (χ4v) is 3.90. The minimum Gasteiger partial charge on any atom is -0.492 e. The van der Waals surface area contributed by atoms with Crippen molar-refractivity contribution in [1.82, 2.24) is 9.36 Å². The maximum atomic E-state index is 13.0. The molecule has 3 aromatic rings. The zero-order chi connectivity index (χ0) is 25.8. The fraction of sp³-hybridized carbons (Fsp3) is 0.320. The van der Waals surface area contributed by atoms with Crippen LogP contribution in [0.25, 0.3) is 5.69 Å². The maximum Gasteiger partial charge on any atom is 0.295 e. The van der Waals surface area contributed by atoms with Gasteiger partial charge in [-0.3, -0.25) is 19.1 Å². The lowest BCUT2D eigenvalue weighted by Crippen LogP contribution is -2.35. The Morgan fingerprint density at radius 1 is 1.09 bits per heavy atom. The Kier molecular flexibility index (Phi) is 8.03. The molecule has 9 nitrogen and oxygen atoms in total. The molecule has 0 fully saturated rings. The van der Waals surface area contributed by atoms with E-state index in [4.69, 9.17) is 16.3 Å². The number of rotatable bonds is 9. The maximum absolute atomic E-state index is 13.0. The molecule has 186 valence electrons. The molecule has 35 heavy (non-hydrogen) atoms. The summed E-state index contributed by atoms with van der Waals surface area (Å²) in [6.07, 6.45) is -0.756. The molecule has 2 aromatic carbocycles. The molecular formula is C25H29ClN4O5. The Labute approximate surface area is 208 Å². The van der Waals surface area contributed by atoms with Gasteiger partial charge in [0.1, 0.15) is 11.4 Å². The van der Waals surface area contributed by atoms with E-state index in [9.17, 15) is 19.5 Å². The van der Waals surface area contributed by atoms with Crippen LogP contribution in [0.1, 0.15) is 32.4 Å². The topological polar surface area (TPSA) is 115 Å². The predicted molar refractivity (Wildman–Crippen MR) is 135 cm³/mol. The summed E-state index contributed by atoms with van der Waals surface area (Å²) < 4.78 is 8.57. The number of carbonyl (C=O) groups is 2. The van der Waals surface area contributed by atoms with Crippen molar-refractivity contribution in [3.63, 3.8) is 0 Å². The number of carbonyl (C=O) groups excluding carboxylic acids is 2. The first kappa shape index (κ1) is 26.1. The molecule has 0 saturated carbocycles. The molecular weight excluding hydrogens is 472 g/mol. The number of halogens is 1. The van der Waals surface area contributed by atoms with E-state index in [1.807, 2.05) is 25.1 Å². The Bertz CT molecular complexity index is 1280. The third-order valence-electron chi connectivity index (χ3n) is 5.42. The third-order valence-corrected chi connectivity index (χ3v) is 5.65. The van der Waals surface area contributed by atoms with Gasteiger partial charge in [-0.2, -0.15) is 0 Å². The van der Waals surface area contributed by atoms with Crippen LogP contribution in [0.2, 0.25) is 5.02 Å². The number of aromatic nitrogens is 2. The lowest BCUT2D eigenvalue weighted by Gasteiger charge is -2.22. The molecule has 0 saturated heterocycles. The zero-order valence-corrected chi connectivity index (χ0v) is 20.8. The van der Waals surface area contributed by atoms with Gasteiger partial charge in [0.25, 0.3) is 5.56 Å². The van der Waals surface area contributed by atoms with E-state index in [0.717, 1.165) is 0 Å². The van der Waals surface area contributed by atoms with Crippen molar-refractivity contribution in [3.8, 4) is 11.4 Å². The molecule has 0 aliphatic rings. The van der Waals surface area contributed by atoms with Gasteiger partial charge in [-0.1, -0.05) is 29.8 Å². The first-order valence-corrected chi connectivity index (χ1v) is 11.5. The lowest BCUT2D eigenvalue weighted by molar-refractivity contribution is -0.125. The van der Waals surface area contributed by atoms with Gasteiger partial charge < -0.3 is 20.5 Å². The highest BCUT2D eigenvalue weighted by Crippen LogP contribution is 2.29. The molecule has 0 aliphatic heterocycles. The Balaban J connectivity index is 1.69. The molecule has 3 rings (SSSR count). The van der Waals surface area contributed by atoms with E-state index in [1.54, 1.807) is 49.0 Å². The molecule has 0 aliphatic carbocycles. The number of nitrogens with zero attached hydrogens (tertiary/aromatic N) is 2. The SMILES string of the molecule is CCOc1ccc(Cl)cc1NC(=O)CC(C)(O)CC(=O)Nc1c(C)n(C)n(-c2ccccc2)c1=O. The highest BCUT2D eigenvalue weighted by atomic mass is 35.5. The number of hydrogen-bond acceptors (Lipinski definition) is 5. The monoisotopic (exact) mass is 500 g/mol. The normalized spacial score (nSPS) is 12.6. The van der Waals surface area contributed by atoms with Crippen molar-refractivity contribution in [2.45, 2.75) is 39.2 Å². The average Bonchev–Trinajstić information content (AvgIpc) is 2.98. The van der Waals surface area contributed by atoms with E-state index in [-0.39, 0.29) is 12.1 Å². The van der Waals surface area contributed by atoms with Crippen LogP contribution in [0.3, 0.4) is 0 Å². The number of nitrogens with one attached hydrogen (secondary N) is 2. The second-order valence-corrected chi connectivity index (χ2v) is 8.89. The lowest BCUT2D eigenvalue weighted by atomic mass is 9.97. The van der Waals surface area contributed by atoms with Crippen LogP contribution in [0, 0.1) is 6.92 Å². The molecule has 3 N–H and O–H groups in total. The molecule has 1 unspecified atom stereocenters. The summed E-state index contributed by atoms with van der Waals surface area (Å²) in [7, 11) is 1.71. The second-order valence-electron chi connectivity index (χ2n) is 8.46. The summed E-state index contributed by atoms with van der Waals surface area (Å²) in [6.45, 7) is 5.30. The van der Waals surface area contributed by atoms with Gasteiger partial charge in [0.05, 0.1) is 42.1 Å². The summed E-state index contributed by atoms with van der Waals surface area (Å²) in [5.74, 6) is -0.670. The van der Waals surface area contributed by atoms with Crippen molar-refractivity contribution in [1.29, 1.82) is 0 Å². The summed E-state index contributed by atoms with van der Waals surface area (Å²) in [5, 5.41) is 16.4. The molecule has 0 bridgehead atoms. The van der Waals surface area contributed by atoms with Gasteiger partial charge >= 0.3 is 0 Å². The molecule has 1 heterocycles. The van der Waals surface area contributed by atoms with Gasteiger partial charge in [0, 0.05) is 12.1 Å². The molecule has 0 spiro atoms. The van der Waals surface area contributed by atoms with Crippen LogP contribution in [0.15, 0.2) is 53.3 Å². The zero-order valence-electron chi connectivity index (χ0n) is 20.1. The molecule has 2 amide bonds. The van der Waals surface area contributed by atoms with E-state index in [0.29, 0.717) is 34.4 Å². The average molecular weight is 501 g/mol. The summed E-state index contributed by atoms with van der Waals surface area (Å²) >= 11 is 6.02.